The minimum atomic E-state index is -0.940. The summed E-state index contributed by atoms with van der Waals surface area (Å²) in [7, 11) is 0. The smallest absolute Gasteiger partial charge is 0.254 e. The van der Waals surface area contributed by atoms with E-state index in [4.69, 9.17) is 25.1 Å². The topological polar surface area (TPSA) is 120 Å². The summed E-state index contributed by atoms with van der Waals surface area (Å²) in [5.74, 6) is 1.01. The number of rotatable bonds is 9. The first-order valence-electron chi connectivity index (χ1n) is 13.2. The molecule has 9 heteroatoms. The Labute approximate surface area is 202 Å². The number of ether oxygens (including phenoxy) is 2. The summed E-state index contributed by atoms with van der Waals surface area (Å²) in [6.07, 6.45) is 12.0. The van der Waals surface area contributed by atoms with Crippen LogP contribution in [0.2, 0.25) is 0 Å². The molecule has 0 spiro atoms. The number of carbonyl (C=O) groups is 1. The number of hydrogen-bond donors (Lipinski definition) is 1. The van der Waals surface area contributed by atoms with Gasteiger partial charge in [0.05, 0.1) is 6.10 Å². The molecule has 0 bridgehead atoms. The molecular formula is C25H39N5O4. The van der Waals surface area contributed by atoms with Gasteiger partial charge in [0, 0.05) is 49.3 Å². The second kappa shape index (κ2) is 12.0. The molecule has 34 heavy (non-hydrogen) atoms. The molecule has 1 saturated carbocycles. The minimum absolute atomic E-state index is 0.0709. The zero-order valence-corrected chi connectivity index (χ0v) is 20.3. The highest BCUT2D eigenvalue weighted by molar-refractivity contribution is 5.93. The summed E-state index contributed by atoms with van der Waals surface area (Å²) in [5, 5.41) is 12.9. The van der Waals surface area contributed by atoms with Crippen LogP contribution in [0.5, 0.6) is 0 Å². The minimum Gasteiger partial charge on any atom is -0.478 e. The third kappa shape index (κ3) is 5.93. The zero-order valence-electron chi connectivity index (χ0n) is 20.3. The highest BCUT2D eigenvalue weighted by Crippen LogP contribution is 2.39. The average Bonchev–Trinajstić information content (AvgIpc) is 3.31. The van der Waals surface area contributed by atoms with Gasteiger partial charge in [0.15, 0.2) is 11.4 Å². The molecule has 1 N–H and O–H groups in total. The van der Waals surface area contributed by atoms with Crippen LogP contribution < -0.4 is 0 Å². The fourth-order valence-corrected chi connectivity index (χ4v) is 5.81. The number of azide groups is 1. The molecule has 0 aromatic rings. The van der Waals surface area contributed by atoms with E-state index in [1.807, 2.05) is 4.90 Å². The van der Waals surface area contributed by atoms with Gasteiger partial charge in [0.25, 0.3) is 5.91 Å². The van der Waals surface area contributed by atoms with Crippen molar-refractivity contribution in [1.29, 1.82) is 0 Å². The Kier molecular flexibility index (Phi) is 8.86. The lowest BCUT2D eigenvalue weighted by Gasteiger charge is -2.35. The summed E-state index contributed by atoms with van der Waals surface area (Å²) in [6.45, 7) is 2.59. The number of aliphatic imine (C=N–C) groups is 1. The van der Waals surface area contributed by atoms with Crippen molar-refractivity contribution < 1.29 is 19.4 Å². The van der Waals surface area contributed by atoms with Crippen molar-refractivity contribution in [2.75, 3.05) is 32.9 Å². The van der Waals surface area contributed by atoms with Gasteiger partial charge in [-0.1, -0.05) is 10.7 Å². The van der Waals surface area contributed by atoms with E-state index < -0.39 is 5.54 Å². The van der Waals surface area contributed by atoms with Crippen LogP contribution in [0, 0.1) is 5.92 Å². The molecule has 0 unspecified atom stereocenters. The molecule has 1 saturated heterocycles. The van der Waals surface area contributed by atoms with Crippen molar-refractivity contribution in [3.63, 3.8) is 0 Å². The molecule has 0 radical (unpaired) electrons. The van der Waals surface area contributed by atoms with E-state index in [9.17, 15) is 4.79 Å². The number of nitrogens with zero attached hydrogens (tertiary/aromatic N) is 5. The average molecular weight is 474 g/mol. The van der Waals surface area contributed by atoms with Crippen LogP contribution in [-0.4, -0.2) is 66.4 Å². The largest absolute Gasteiger partial charge is 0.478 e. The molecule has 2 heterocycles. The van der Waals surface area contributed by atoms with E-state index in [1.165, 1.54) is 0 Å². The number of piperidine rings is 1. The van der Waals surface area contributed by atoms with Gasteiger partial charge in [-0.15, -0.1) is 0 Å². The van der Waals surface area contributed by atoms with E-state index in [2.05, 4.69) is 10.0 Å². The standard InChI is InChI=1S/C25H39N5O4/c26-29-28-22-8-3-2-7-20(22)17-25(24(32)30-13-4-1-5-14-30)18-34-23(27-25)19-9-11-21(12-10-19)33-16-6-15-31/h19,21,31H,1-18H2/t19?,21?,25-/m1/s1. The number of allylic oxidation sites excluding steroid dienone is 1. The molecule has 0 aromatic heterocycles. The van der Waals surface area contributed by atoms with Crippen LogP contribution in [-0.2, 0) is 14.3 Å². The second-order valence-electron chi connectivity index (χ2n) is 10.2. The highest BCUT2D eigenvalue weighted by Gasteiger charge is 2.48. The molecule has 9 nitrogen and oxygen atoms in total. The maximum Gasteiger partial charge on any atom is 0.254 e. The Morgan fingerprint density at radius 3 is 2.68 bits per heavy atom. The summed E-state index contributed by atoms with van der Waals surface area (Å²) >= 11 is 0. The summed E-state index contributed by atoms with van der Waals surface area (Å²) < 4.78 is 12.1. The second-order valence-corrected chi connectivity index (χ2v) is 10.2. The molecule has 4 rings (SSSR count). The van der Waals surface area contributed by atoms with E-state index >= 15 is 0 Å². The van der Waals surface area contributed by atoms with Gasteiger partial charge in [-0.3, -0.25) is 4.79 Å². The monoisotopic (exact) mass is 473 g/mol. The Hall–Kier alpha value is -2.09. The fraction of sp³-hybridized carbons (Fsp3) is 0.840. The molecule has 4 aliphatic rings. The van der Waals surface area contributed by atoms with Gasteiger partial charge >= 0.3 is 0 Å². The van der Waals surface area contributed by atoms with Crippen LogP contribution in [0.25, 0.3) is 10.4 Å². The van der Waals surface area contributed by atoms with Crippen LogP contribution in [0.4, 0.5) is 0 Å². The maximum absolute atomic E-state index is 13.9. The quantitative estimate of drug-likeness (QED) is 0.227. The number of amides is 1. The number of carbonyl (C=O) groups excluding carboxylic acids is 1. The third-order valence-electron chi connectivity index (χ3n) is 7.73. The fourth-order valence-electron chi connectivity index (χ4n) is 5.81. The van der Waals surface area contributed by atoms with E-state index in [-0.39, 0.29) is 31.1 Å². The van der Waals surface area contributed by atoms with Crippen LogP contribution >= 0.6 is 0 Å². The van der Waals surface area contributed by atoms with Crippen molar-refractivity contribution in [3.8, 4) is 0 Å². The van der Waals surface area contributed by atoms with Gasteiger partial charge in [-0.05, 0) is 82.6 Å². The predicted octanol–water partition coefficient (Wildman–Crippen LogP) is 4.65. The maximum atomic E-state index is 13.9. The van der Waals surface area contributed by atoms with Crippen molar-refractivity contribution in [2.24, 2.45) is 16.0 Å². The first-order chi connectivity index (χ1) is 16.6. The number of likely N-dealkylation sites (tertiary alicyclic amines) is 1. The van der Waals surface area contributed by atoms with Gasteiger partial charge in [-0.2, -0.15) is 0 Å². The van der Waals surface area contributed by atoms with Crippen LogP contribution in [0.3, 0.4) is 0 Å². The number of hydrogen-bond acceptors (Lipinski definition) is 6. The van der Waals surface area contributed by atoms with Crippen molar-refractivity contribution in [1.82, 2.24) is 4.90 Å². The summed E-state index contributed by atoms with van der Waals surface area (Å²) in [6, 6.07) is 0. The molecule has 2 fully saturated rings. The van der Waals surface area contributed by atoms with E-state index in [0.29, 0.717) is 19.4 Å². The molecular weight excluding hydrogens is 434 g/mol. The van der Waals surface area contributed by atoms with E-state index in [1.54, 1.807) is 0 Å². The Balaban J connectivity index is 1.52. The summed E-state index contributed by atoms with van der Waals surface area (Å²) in [5.41, 5.74) is 9.98. The van der Waals surface area contributed by atoms with Crippen molar-refractivity contribution in [2.45, 2.75) is 95.1 Å². The first-order valence-corrected chi connectivity index (χ1v) is 13.2. The van der Waals surface area contributed by atoms with Gasteiger partial charge in [-0.25, -0.2) is 4.99 Å². The van der Waals surface area contributed by atoms with Crippen LogP contribution in [0.15, 0.2) is 21.4 Å². The Morgan fingerprint density at radius 2 is 1.94 bits per heavy atom. The van der Waals surface area contributed by atoms with Gasteiger partial charge in [0.2, 0.25) is 0 Å². The Bertz CT molecular complexity index is 823. The van der Waals surface area contributed by atoms with E-state index in [0.717, 1.165) is 101 Å². The molecule has 1 amide bonds. The SMILES string of the molecule is [N-]=[N+]=NC1=C(C[C@]2(C(=O)N3CCCCC3)COC(C3CCC(OCCCO)CC3)=N2)CCCC1. The lowest BCUT2D eigenvalue weighted by molar-refractivity contribution is -0.138. The van der Waals surface area contributed by atoms with Gasteiger partial charge in [0.1, 0.15) is 6.61 Å². The van der Waals surface area contributed by atoms with Crippen LogP contribution in [0.1, 0.15) is 83.5 Å². The molecule has 1 atom stereocenters. The third-order valence-corrected chi connectivity index (χ3v) is 7.73. The highest BCUT2D eigenvalue weighted by atomic mass is 16.5. The predicted molar refractivity (Wildman–Crippen MR) is 129 cm³/mol. The lowest BCUT2D eigenvalue weighted by Crippen LogP contribution is -2.51. The number of aliphatic hydroxyl groups excluding tert-OH is 1. The normalized spacial score (nSPS) is 29.9. The molecule has 2 aliphatic carbocycles. The molecule has 2 aliphatic heterocycles. The lowest BCUT2D eigenvalue weighted by atomic mass is 9.84. The van der Waals surface area contributed by atoms with Crippen molar-refractivity contribution >= 4 is 11.8 Å². The summed E-state index contributed by atoms with van der Waals surface area (Å²) in [4.78, 5) is 23.9. The molecule has 0 aromatic carbocycles. The number of aliphatic hydroxyl groups is 1. The zero-order chi connectivity index (χ0) is 23.8. The molecule has 188 valence electrons. The Morgan fingerprint density at radius 1 is 1.18 bits per heavy atom. The van der Waals surface area contributed by atoms with Crippen molar-refractivity contribution in [3.05, 3.63) is 21.7 Å². The first kappa shape index (κ1) is 25.0. The van der Waals surface area contributed by atoms with Gasteiger partial charge < -0.3 is 19.5 Å².